The lowest BCUT2D eigenvalue weighted by Gasteiger charge is -2.47. The molecule has 0 aromatic heterocycles. The van der Waals surface area contributed by atoms with E-state index < -0.39 is 5.54 Å². The standard InChI is InChI=1S/C17H24BrNO2/c1-12-11-16(2,3)9-10-17(12,15(20)21-4)19-14-7-5-13(18)6-8-14/h5-8,12,19H,9-11H2,1-4H3. The minimum atomic E-state index is -0.627. The summed E-state index contributed by atoms with van der Waals surface area (Å²) in [6.45, 7) is 6.68. The van der Waals surface area contributed by atoms with Crippen molar-refractivity contribution in [3.05, 3.63) is 28.7 Å². The van der Waals surface area contributed by atoms with Gasteiger partial charge >= 0.3 is 5.97 Å². The normalized spacial score (nSPS) is 28.0. The van der Waals surface area contributed by atoms with Crippen molar-refractivity contribution in [2.24, 2.45) is 11.3 Å². The summed E-state index contributed by atoms with van der Waals surface area (Å²) in [4.78, 5) is 12.5. The number of anilines is 1. The van der Waals surface area contributed by atoms with Gasteiger partial charge in [-0.2, -0.15) is 0 Å². The monoisotopic (exact) mass is 353 g/mol. The molecule has 1 aromatic carbocycles. The minimum Gasteiger partial charge on any atom is -0.467 e. The summed E-state index contributed by atoms with van der Waals surface area (Å²) in [6, 6.07) is 7.93. The van der Waals surface area contributed by atoms with E-state index in [0.29, 0.717) is 0 Å². The van der Waals surface area contributed by atoms with E-state index in [1.54, 1.807) is 0 Å². The van der Waals surface area contributed by atoms with Crippen LogP contribution < -0.4 is 5.32 Å². The van der Waals surface area contributed by atoms with Gasteiger partial charge in [0.2, 0.25) is 0 Å². The van der Waals surface area contributed by atoms with E-state index in [9.17, 15) is 4.79 Å². The average Bonchev–Trinajstić information content (AvgIpc) is 2.43. The molecule has 2 rings (SSSR count). The fraction of sp³-hybridized carbons (Fsp3) is 0.588. The molecule has 0 bridgehead atoms. The fourth-order valence-corrected chi connectivity index (χ4v) is 3.66. The number of esters is 1. The number of hydrogen-bond donors (Lipinski definition) is 1. The van der Waals surface area contributed by atoms with Crippen molar-refractivity contribution in [2.75, 3.05) is 12.4 Å². The number of carbonyl (C=O) groups is 1. The molecule has 3 nitrogen and oxygen atoms in total. The minimum absolute atomic E-state index is 0.159. The van der Waals surface area contributed by atoms with E-state index in [-0.39, 0.29) is 17.3 Å². The first-order valence-electron chi connectivity index (χ1n) is 7.41. The summed E-state index contributed by atoms with van der Waals surface area (Å²) in [5.74, 6) is 0.0609. The molecule has 2 unspecified atom stereocenters. The molecule has 1 aromatic rings. The summed E-state index contributed by atoms with van der Waals surface area (Å²) >= 11 is 3.43. The van der Waals surface area contributed by atoms with Crippen LogP contribution >= 0.6 is 15.9 Å². The quantitative estimate of drug-likeness (QED) is 0.805. The molecule has 1 N–H and O–H groups in total. The number of rotatable bonds is 3. The summed E-state index contributed by atoms with van der Waals surface area (Å²) in [6.07, 6.45) is 2.81. The lowest BCUT2D eigenvalue weighted by atomic mass is 9.63. The Morgan fingerprint density at radius 2 is 1.90 bits per heavy atom. The second-order valence-electron chi connectivity index (χ2n) is 6.86. The van der Waals surface area contributed by atoms with Gasteiger partial charge in [0.15, 0.2) is 0 Å². The van der Waals surface area contributed by atoms with E-state index in [0.717, 1.165) is 29.4 Å². The van der Waals surface area contributed by atoms with Crippen molar-refractivity contribution in [2.45, 2.75) is 45.6 Å². The van der Waals surface area contributed by atoms with Gasteiger partial charge in [-0.1, -0.05) is 36.7 Å². The molecule has 116 valence electrons. The largest absolute Gasteiger partial charge is 0.467 e. The zero-order valence-corrected chi connectivity index (χ0v) is 14.8. The first kappa shape index (κ1) is 16.3. The van der Waals surface area contributed by atoms with E-state index in [1.165, 1.54) is 7.11 Å². The van der Waals surface area contributed by atoms with Gasteiger partial charge in [-0.3, -0.25) is 0 Å². The second kappa shape index (κ2) is 5.99. The Balaban J connectivity index is 2.30. The summed E-state index contributed by atoms with van der Waals surface area (Å²) in [7, 11) is 1.47. The predicted molar refractivity (Wildman–Crippen MR) is 89.3 cm³/mol. The van der Waals surface area contributed by atoms with Crippen LogP contribution in [0.3, 0.4) is 0 Å². The Morgan fingerprint density at radius 3 is 2.43 bits per heavy atom. The van der Waals surface area contributed by atoms with Crippen LogP contribution in [0.1, 0.15) is 40.0 Å². The Morgan fingerprint density at radius 1 is 1.29 bits per heavy atom. The zero-order valence-electron chi connectivity index (χ0n) is 13.2. The average molecular weight is 354 g/mol. The van der Waals surface area contributed by atoms with Gasteiger partial charge < -0.3 is 10.1 Å². The number of carbonyl (C=O) groups excluding carboxylic acids is 1. The predicted octanol–water partition coefficient (Wildman–Crippen LogP) is 4.62. The molecule has 1 saturated carbocycles. The van der Waals surface area contributed by atoms with Crippen LogP contribution in [0.15, 0.2) is 28.7 Å². The molecule has 21 heavy (non-hydrogen) atoms. The van der Waals surface area contributed by atoms with Gasteiger partial charge in [0.1, 0.15) is 5.54 Å². The highest BCUT2D eigenvalue weighted by molar-refractivity contribution is 9.10. The maximum Gasteiger partial charge on any atom is 0.331 e. The van der Waals surface area contributed by atoms with Crippen molar-refractivity contribution in [1.82, 2.24) is 0 Å². The maximum absolute atomic E-state index is 12.5. The van der Waals surface area contributed by atoms with Crippen LogP contribution in [-0.4, -0.2) is 18.6 Å². The summed E-state index contributed by atoms with van der Waals surface area (Å²) in [5, 5.41) is 3.46. The SMILES string of the molecule is COC(=O)C1(Nc2ccc(Br)cc2)CCC(C)(C)CC1C. The molecule has 0 spiro atoms. The van der Waals surface area contributed by atoms with Crippen LogP contribution in [0.25, 0.3) is 0 Å². The molecule has 0 saturated heterocycles. The van der Waals surface area contributed by atoms with E-state index in [4.69, 9.17) is 4.74 Å². The van der Waals surface area contributed by atoms with Crippen molar-refractivity contribution in [3.63, 3.8) is 0 Å². The van der Waals surface area contributed by atoms with Crippen molar-refractivity contribution in [1.29, 1.82) is 0 Å². The topological polar surface area (TPSA) is 38.3 Å². The fourth-order valence-electron chi connectivity index (χ4n) is 3.40. The number of methoxy groups -OCH3 is 1. The summed E-state index contributed by atoms with van der Waals surface area (Å²) in [5.41, 5.74) is 0.603. The molecule has 1 aliphatic rings. The molecule has 1 aliphatic carbocycles. The summed E-state index contributed by atoms with van der Waals surface area (Å²) < 4.78 is 6.14. The third-order valence-corrected chi connectivity index (χ3v) is 5.19. The van der Waals surface area contributed by atoms with Gasteiger partial charge in [0, 0.05) is 10.2 Å². The van der Waals surface area contributed by atoms with Gasteiger partial charge in [0.25, 0.3) is 0 Å². The van der Waals surface area contributed by atoms with Crippen LogP contribution in [0.4, 0.5) is 5.69 Å². The smallest absolute Gasteiger partial charge is 0.331 e. The number of hydrogen-bond acceptors (Lipinski definition) is 3. The molecule has 0 aliphatic heterocycles. The number of ether oxygens (including phenoxy) is 1. The van der Waals surface area contributed by atoms with E-state index >= 15 is 0 Å². The molecular formula is C17H24BrNO2. The molecule has 4 heteroatoms. The Bertz CT molecular complexity index is 512. The van der Waals surface area contributed by atoms with Gasteiger partial charge in [-0.05, 0) is 54.9 Å². The molecule has 0 amide bonds. The highest BCUT2D eigenvalue weighted by Gasteiger charge is 2.50. The Kier molecular flexibility index (Phi) is 4.66. The van der Waals surface area contributed by atoms with Crippen molar-refractivity contribution < 1.29 is 9.53 Å². The van der Waals surface area contributed by atoms with Crippen LogP contribution in [-0.2, 0) is 9.53 Å². The van der Waals surface area contributed by atoms with E-state index in [1.807, 2.05) is 24.3 Å². The Hall–Kier alpha value is -1.03. The van der Waals surface area contributed by atoms with Crippen molar-refractivity contribution in [3.8, 4) is 0 Å². The van der Waals surface area contributed by atoms with E-state index in [2.05, 4.69) is 42.0 Å². The molecule has 2 atom stereocenters. The van der Waals surface area contributed by atoms with Gasteiger partial charge in [-0.15, -0.1) is 0 Å². The third-order valence-electron chi connectivity index (χ3n) is 4.66. The number of benzene rings is 1. The molecule has 0 heterocycles. The molecular weight excluding hydrogens is 330 g/mol. The number of halogens is 1. The second-order valence-corrected chi connectivity index (χ2v) is 7.78. The molecule has 0 radical (unpaired) electrons. The first-order valence-corrected chi connectivity index (χ1v) is 8.20. The van der Waals surface area contributed by atoms with Crippen LogP contribution in [0.5, 0.6) is 0 Å². The first-order chi connectivity index (χ1) is 9.79. The number of nitrogens with one attached hydrogen (secondary N) is 1. The lowest BCUT2D eigenvalue weighted by Crippen LogP contribution is -2.56. The zero-order chi connectivity index (χ0) is 15.7. The van der Waals surface area contributed by atoms with Crippen molar-refractivity contribution >= 4 is 27.6 Å². The van der Waals surface area contributed by atoms with Crippen LogP contribution in [0.2, 0.25) is 0 Å². The third kappa shape index (κ3) is 3.42. The Labute approximate surface area is 135 Å². The molecule has 1 fully saturated rings. The maximum atomic E-state index is 12.5. The highest BCUT2D eigenvalue weighted by Crippen LogP contribution is 2.46. The van der Waals surface area contributed by atoms with Gasteiger partial charge in [0.05, 0.1) is 7.11 Å². The lowest BCUT2D eigenvalue weighted by molar-refractivity contribution is -0.150. The highest BCUT2D eigenvalue weighted by atomic mass is 79.9. The van der Waals surface area contributed by atoms with Gasteiger partial charge in [-0.25, -0.2) is 4.79 Å². The van der Waals surface area contributed by atoms with Crippen LogP contribution in [0, 0.1) is 11.3 Å².